The number of carbonyl (C=O) groups is 2. The fraction of sp³-hybridized carbons (Fsp3) is 0.909. The number of fused-ring (bicyclic) bond motifs is 5. The highest BCUT2D eigenvalue weighted by atomic mass is 16.3. The monoisotopic (exact) mass is 362 g/mol. The van der Waals surface area contributed by atoms with Gasteiger partial charge in [-0.05, 0) is 60.7 Å². The average molecular weight is 363 g/mol. The number of ketones is 2. The highest BCUT2D eigenvalue weighted by molar-refractivity contribution is 5.90. The third kappa shape index (κ3) is 2.09. The van der Waals surface area contributed by atoms with Crippen LogP contribution in [0.15, 0.2) is 0 Å². The van der Waals surface area contributed by atoms with Gasteiger partial charge in [0.25, 0.3) is 0 Å². The summed E-state index contributed by atoms with van der Waals surface area (Å²) in [6.45, 7) is 8.26. The molecule has 0 saturated heterocycles. The molecule has 2 N–H and O–H groups in total. The molecule has 0 aliphatic heterocycles. The molecule has 4 aliphatic rings. The van der Waals surface area contributed by atoms with E-state index in [2.05, 4.69) is 13.8 Å². The minimum absolute atomic E-state index is 0.0618. The highest BCUT2D eigenvalue weighted by Crippen LogP contribution is 2.68. The summed E-state index contributed by atoms with van der Waals surface area (Å²) in [5.41, 5.74) is -0.810. The largest absolute Gasteiger partial charge is 0.396 e. The lowest BCUT2D eigenvalue weighted by molar-refractivity contribution is -0.189. The van der Waals surface area contributed by atoms with Crippen LogP contribution in [0.2, 0.25) is 0 Å². The van der Waals surface area contributed by atoms with E-state index in [0.717, 1.165) is 32.1 Å². The zero-order chi connectivity index (χ0) is 19.1. The summed E-state index contributed by atoms with van der Waals surface area (Å²) in [6, 6.07) is 0. The van der Waals surface area contributed by atoms with Crippen LogP contribution in [0.25, 0.3) is 0 Å². The molecule has 8 atom stereocenters. The lowest BCUT2D eigenvalue weighted by atomic mass is 9.39. The van der Waals surface area contributed by atoms with Gasteiger partial charge in [0.1, 0.15) is 11.6 Å². The Morgan fingerprint density at radius 3 is 2.27 bits per heavy atom. The Labute approximate surface area is 156 Å². The van der Waals surface area contributed by atoms with Gasteiger partial charge in [0.05, 0.1) is 12.7 Å². The molecule has 0 spiro atoms. The van der Waals surface area contributed by atoms with Crippen LogP contribution in [0.4, 0.5) is 0 Å². The normalized spacial score (nSPS) is 53.0. The number of hydrogen-bond acceptors (Lipinski definition) is 4. The molecule has 0 aromatic heterocycles. The molecule has 4 aliphatic carbocycles. The molecule has 0 bridgehead atoms. The number of hydrogen-bond donors (Lipinski definition) is 2. The summed E-state index contributed by atoms with van der Waals surface area (Å²) in [5.74, 6) is 0.323. The maximum Gasteiger partial charge on any atom is 0.142 e. The Morgan fingerprint density at radius 1 is 0.962 bits per heavy atom. The van der Waals surface area contributed by atoms with Gasteiger partial charge < -0.3 is 10.2 Å². The van der Waals surface area contributed by atoms with Gasteiger partial charge in [-0.3, -0.25) is 9.59 Å². The van der Waals surface area contributed by atoms with Gasteiger partial charge in [0.2, 0.25) is 0 Å². The maximum atomic E-state index is 13.6. The van der Waals surface area contributed by atoms with Crippen LogP contribution in [0.3, 0.4) is 0 Å². The lowest BCUT2D eigenvalue weighted by Gasteiger charge is -2.64. The number of aliphatic hydroxyl groups excluding tert-OH is 2. The number of carbonyl (C=O) groups excluding carboxylic acids is 2. The summed E-state index contributed by atoms with van der Waals surface area (Å²) in [4.78, 5) is 26.3. The Balaban J connectivity index is 1.81. The van der Waals surface area contributed by atoms with E-state index in [0.29, 0.717) is 6.42 Å². The van der Waals surface area contributed by atoms with Gasteiger partial charge >= 0.3 is 0 Å². The van der Waals surface area contributed by atoms with Crippen molar-refractivity contribution < 1.29 is 19.8 Å². The van der Waals surface area contributed by atoms with Crippen LogP contribution in [0.5, 0.6) is 0 Å². The summed E-state index contributed by atoms with van der Waals surface area (Å²) < 4.78 is 0. The first-order chi connectivity index (χ1) is 12.1. The summed E-state index contributed by atoms with van der Waals surface area (Å²) in [5, 5.41) is 20.8. The van der Waals surface area contributed by atoms with Gasteiger partial charge in [-0.1, -0.05) is 27.7 Å². The standard InChI is InChI=1S/C22H34O4/c1-20(2)15(24)8-10-22(4)14-7-9-21(3)13(5-6-16(21)25)17(14)18(26)12(11-23)19(20)22/h12-14,16-17,19,23,25H,5-11H2,1-4H3/t12?,13-,14+,16?,17-,19?,21-,22+/m0/s1. The Kier molecular flexibility index (Phi) is 4.03. The first-order valence-corrected chi connectivity index (χ1v) is 10.4. The zero-order valence-electron chi connectivity index (χ0n) is 16.6. The van der Waals surface area contributed by atoms with Gasteiger partial charge in [0.15, 0.2) is 0 Å². The second kappa shape index (κ2) is 5.64. The second-order valence-corrected chi connectivity index (χ2v) is 10.7. The molecule has 0 heterocycles. The molecule has 4 fully saturated rings. The SMILES string of the molecule is CC1(C)C(=O)CC[C@@]2(C)C1C(CO)C(=O)[C@@H]1[C@H]2CC[C@]2(C)C(O)CC[C@@H]12. The molecule has 4 rings (SSSR count). The fourth-order valence-corrected chi connectivity index (χ4v) is 8.09. The van der Waals surface area contributed by atoms with E-state index in [-0.39, 0.29) is 58.8 Å². The third-order valence-corrected chi connectivity index (χ3v) is 9.46. The van der Waals surface area contributed by atoms with Gasteiger partial charge in [-0.2, -0.15) is 0 Å². The average Bonchev–Trinajstić information content (AvgIpc) is 2.89. The summed E-state index contributed by atoms with van der Waals surface area (Å²) in [6.07, 6.45) is 4.71. The van der Waals surface area contributed by atoms with Gasteiger partial charge in [0, 0.05) is 23.7 Å². The lowest BCUT2D eigenvalue weighted by Crippen LogP contribution is -2.65. The van der Waals surface area contributed by atoms with Crippen molar-refractivity contribution in [1.29, 1.82) is 0 Å². The van der Waals surface area contributed by atoms with Crippen molar-refractivity contribution in [3.05, 3.63) is 0 Å². The number of Topliss-reactive ketones (excluding diaryl/α,β-unsaturated/α-hetero) is 2. The minimum atomic E-state index is -0.559. The van der Waals surface area contributed by atoms with Crippen LogP contribution in [0, 0.1) is 45.8 Å². The van der Waals surface area contributed by atoms with Crippen LogP contribution in [0.1, 0.15) is 66.2 Å². The Bertz CT molecular complexity index is 640. The molecule has 0 radical (unpaired) electrons. The fourth-order valence-electron chi connectivity index (χ4n) is 8.09. The van der Waals surface area contributed by atoms with E-state index in [1.807, 2.05) is 13.8 Å². The van der Waals surface area contributed by atoms with Gasteiger partial charge in [-0.15, -0.1) is 0 Å². The zero-order valence-corrected chi connectivity index (χ0v) is 16.6. The molecule has 3 unspecified atom stereocenters. The van der Waals surface area contributed by atoms with Crippen LogP contribution in [-0.4, -0.2) is 34.5 Å². The molecule has 26 heavy (non-hydrogen) atoms. The molecule has 146 valence electrons. The predicted molar refractivity (Wildman–Crippen MR) is 98.3 cm³/mol. The van der Waals surface area contributed by atoms with E-state index in [1.165, 1.54) is 0 Å². The van der Waals surface area contributed by atoms with E-state index in [1.54, 1.807) is 0 Å². The van der Waals surface area contributed by atoms with E-state index >= 15 is 0 Å². The van der Waals surface area contributed by atoms with Crippen molar-refractivity contribution in [3.63, 3.8) is 0 Å². The molecule has 0 aromatic carbocycles. The van der Waals surface area contributed by atoms with Crippen molar-refractivity contribution >= 4 is 11.6 Å². The molecule has 0 amide bonds. The van der Waals surface area contributed by atoms with Crippen molar-refractivity contribution in [2.45, 2.75) is 72.3 Å². The molecule has 4 saturated carbocycles. The van der Waals surface area contributed by atoms with E-state index < -0.39 is 11.3 Å². The van der Waals surface area contributed by atoms with Crippen LogP contribution >= 0.6 is 0 Å². The third-order valence-electron chi connectivity index (χ3n) is 9.46. The quantitative estimate of drug-likeness (QED) is 0.752. The summed E-state index contributed by atoms with van der Waals surface area (Å²) >= 11 is 0. The first kappa shape index (κ1) is 18.6. The first-order valence-electron chi connectivity index (χ1n) is 10.4. The molecular formula is C22H34O4. The van der Waals surface area contributed by atoms with Crippen LogP contribution < -0.4 is 0 Å². The smallest absolute Gasteiger partial charge is 0.142 e. The van der Waals surface area contributed by atoms with E-state index in [9.17, 15) is 19.8 Å². The summed E-state index contributed by atoms with van der Waals surface area (Å²) in [7, 11) is 0. The molecule has 4 heteroatoms. The van der Waals surface area contributed by atoms with Crippen LogP contribution in [-0.2, 0) is 9.59 Å². The van der Waals surface area contributed by atoms with Gasteiger partial charge in [-0.25, -0.2) is 0 Å². The number of aliphatic hydroxyl groups is 2. The molecule has 0 aromatic rings. The van der Waals surface area contributed by atoms with Crippen molar-refractivity contribution in [2.75, 3.05) is 6.61 Å². The predicted octanol–water partition coefficient (Wildman–Crippen LogP) is 2.99. The second-order valence-electron chi connectivity index (χ2n) is 10.7. The number of rotatable bonds is 1. The maximum absolute atomic E-state index is 13.6. The Hall–Kier alpha value is -0.740. The molecular weight excluding hydrogens is 328 g/mol. The van der Waals surface area contributed by atoms with Crippen molar-refractivity contribution in [3.8, 4) is 0 Å². The molecule has 4 nitrogen and oxygen atoms in total. The van der Waals surface area contributed by atoms with Crippen molar-refractivity contribution in [2.24, 2.45) is 45.8 Å². The topological polar surface area (TPSA) is 74.6 Å². The van der Waals surface area contributed by atoms with Crippen molar-refractivity contribution in [1.82, 2.24) is 0 Å². The van der Waals surface area contributed by atoms with E-state index in [4.69, 9.17) is 0 Å². The Morgan fingerprint density at radius 2 is 1.62 bits per heavy atom. The highest BCUT2D eigenvalue weighted by Gasteiger charge is 2.68. The minimum Gasteiger partial charge on any atom is -0.396 e.